The van der Waals surface area contributed by atoms with E-state index in [1.165, 1.54) is 11.8 Å². The normalized spacial score (nSPS) is 17.6. The Morgan fingerprint density at radius 2 is 1.88 bits per heavy atom. The van der Waals surface area contributed by atoms with Crippen LogP contribution in [-0.2, 0) is 21.3 Å². The molecule has 0 radical (unpaired) electrons. The van der Waals surface area contributed by atoms with E-state index in [-0.39, 0.29) is 29.4 Å². The van der Waals surface area contributed by atoms with E-state index >= 15 is 0 Å². The number of aromatic nitrogens is 2. The largest absolute Gasteiger partial charge is 0.449 e. The zero-order chi connectivity index (χ0) is 36.4. The van der Waals surface area contributed by atoms with Crippen molar-refractivity contribution < 1.29 is 19.1 Å². The van der Waals surface area contributed by atoms with Gasteiger partial charge in [-0.25, -0.2) is 9.78 Å². The second-order valence-corrected chi connectivity index (χ2v) is 14.8. The number of piperidine rings is 1. The number of carbonyl (C=O) groups excluding carboxylic acids is 2. The number of aryl methyl sites for hydroxylation is 1. The average Bonchev–Trinajstić information content (AvgIpc) is 3.78. The molecular formula is C39H58ClN5O4. The van der Waals surface area contributed by atoms with Crippen molar-refractivity contribution in [2.75, 3.05) is 26.8 Å². The number of methoxy groups -OCH3 is 1. The fourth-order valence-corrected chi connectivity index (χ4v) is 6.57. The number of carbonyl (C=O) groups is 2. The van der Waals surface area contributed by atoms with Crippen LogP contribution in [0.25, 0.3) is 5.57 Å². The van der Waals surface area contributed by atoms with Gasteiger partial charge in [0.05, 0.1) is 30.9 Å². The summed E-state index contributed by atoms with van der Waals surface area (Å²) in [5.74, 6) is 0.329. The van der Waals surface area contributed by atoms with Gasteiger partial charge in [0, 0.05) is 32.3 Å². The minimum atomic E-state index is -0.764. The molecule has 1 saturated carbocycles. The third-order valence-electron chi connectivity index (χ3n) is 9.30. The Labute approximate surface area is 299 Å². The Morgan fingerprint density at radius 3 is 2.43 bits per heavy atom. The lowest BCUT2D eigenvalue weighted by molar-refractivity contribution is -0.134. The fraction of sp³-hybridized carbons (Fsp3) is 0.564. The number of nitrogens with two attached hydrogens (primary N) is 1. The molecule has 2 aromatic rings. The quantitative estimate of drug-likeness (QED) is 0.204. The van der Waals surface area contributed by atoms with E-state index in [0.717, 1.165) is 41.7 Å². The first-order valence-corrected chi connectivity index (χ1v) is 17.9. The number of amides is 2. The first-order valence-electron chi connectivity index (χ1n) is 17.5. The molecule has 1 aliphatic carbocycles. The average molecular weight is 696 g/mol. The summed E-state index contributed by atoms with van der Waals surface area (Å²) < 4.78 is 13.1. The van der Waals surface area contributed by atoms with E-state index in [1.54, 1.807) is 19.6 Å². The van der Waals surface area contributed by atoms with Crippen LogP contribution in [0.4, 0.5) is 4.79 Å². The molecule has 0 spiro atoms. The van der Waals surface area contributed by atoms with Crippen LogP contribution in [0, 0.1) is 11.3 Å². The Morgan fingerprint density at radius 1 is 1.20 bits per heavy atom. The maximum Gasteiger partial charge on any atom is 0.409 e. The number of nitrogens with one attached hydrogen (secondary N) is 1. The van der Waals surface area contributed by atoms with Crippen LogP contribution < -0.4 is 11.1 Å². The van der Waals surface area contributed by atoms with E-state index in [4.69, 9.17) is 26.8 Å². The minimum Gasteiger partial charge on any atom is -0.449 e. The smallest absolute Gasteiger partial charge is 0.409 e. The number of hydrogen-bond acceptors (Lipinski definition) is 6. The molecule has 1 aliphatic heterocycles. The molecule has 2 unspecified atom stereocenters. The van der Waals surface area contributed by atoms with E-state index in [0.29, 0.717) is 49.9 Å². The van der Waals surface area contributed by atoms with E-state index in [1.807, 2.05) is 54.6 Å². The molecule has 10 heteroatoms. The number of hydrogen-bond donors (Lipinski definition) is 2. The van der Waals surface area contributed by atoms with Gasteiger partial charge < -0.3 is 30.0 Å². The summed E-state index contributed by atoms with van der Waals surface area (Å²) in [7, 11) is 3.51. The van der Waals surface area contributed by atoms with Crippen LogP contribution >= 0.6 is 11.6 Å². The predicted molar refractivity (Wildman–Crippen MR) is 199 cm³/mol. The highest BCUT2D eigenvalue weighted by Crippen LogP contribution is 2.43. The molecule has 2 atom stereocenters. The molecule has 2 heterocycles. The van der Waals surface area contributed by atoms with Gasteiger partial charge in [-0.05, 0) is 104 Å². The van der Waals surface area contributed by atoms with Crippen LogP contribution in [0.3, 0.4) is 0 Å². The molecule has 2 fully saturated rings. The second kappa shape index (κ2) is 17.9. The van der Waals surface area contributed by atoms with Crippen molar-refractivity contribution in [3.05, 3.63) is 83.1 Å². The van der Waals surface area contributed by atoms with Gasteiger partial charge in [0.2, 0.25) is 0 Å². The van der Waals surface area contributed by atoms with Crippen LogP contribution in [-0.4, -0.2) is 58.9 Å². The highest BCUT2D eigenvalue weighted by molar-refractivity contribution is 6.30. The Bertz CT molecular complexity index is 1480. The summed E-state index contributed by atoms with van der Waals surface area (Å²) in [5.41, 5.74) is 9.89. The van der Waals surface area contributed by atoms with Gasteiger partial charge in [0.1, 0.15) is 5.60 Å². The lowest BCUT2D eigenvalue weighted by Crippen LogP contribution is -2.41. The van der Waals surface area contributed by atoms with Gasteiger partial charge >= 0.3 is 6.09 Å². The second-order valence-electron chi connectivity index (χ2n) is 14.3. The zero-order valence-electron chi connectivity index (χ0n) is 30.9. The van der Waals surface area contributed by atoms with Gasteiger partial charge in [0.25, 0.3) is 5.91 Å². The van der Waals surface area contributed by atoms with Gasteiger partial charge in [-0.3, -0.25) is 4.79 Å². The molecule has 0 bridgehead atoms. The van der Waals surface area contributed by atoms with Crippen LogP contribution in [0.5, 0.6) is 0 Å². The maximum atomic E-state index is 13.3. The number of halogens is 1. The topological polar surface area (TPSA) is 112 Å². The number of ether oxygens (including phenoxy) is 2. The van der Waals surface area contributed by atoms with Gasteiger partial charge in [-0.15, -0.1) is 0 Å². The SMILES string of the molecule is C=C(CC(NC(=O)C1(OC)CC1)c1cncn1C)c1cc(Cl)ccc1C(C/C(C)=C\C=C/N)C1CCN(C(=O)OCC(C)(C)C)CC1.CC. The van der Waals surface area contributed by atoms with Crippen LogP contribution in [0.1, 0.15) is 109 Å². The third kappa shape index (κ3) is 11.0. The molecule has 3 N–H and O–H groups in total. The first-order chi connectivity index (χ1) is 23.3. The monoisotopic (exact) mass is 695 g/mol. The Hall–Kier alpha value is -3.56. The Balaban J connectivity index is 0.00000319. The first kappa shape index (κ1) is 39.9. The molecule has 49 heavy (non-hydrogen) atoms. The lowest BCUT2D eigenvalue weighted by atomic mass is 9.74. The predicted octanol–water partition coefficient (Wildman–Crippen LogP) is 8.33. The molecule has 9 nitrogen and oxygen atoms in total. The molecule has 1 aromatic carbocycles. The van der Waals surface area contributed by atoms with Crippen molar-refractivity contribution in [3.63, 3.8) is 0 Å². The van der Waals surface area contributed by atoms with E-state index in [2.05, 4.69) is 50.6 Å². The fourth-order valence-electron chi connectivity index (χ4n) is 6.39. The molecule has 2 amide bonds. The Kier molecular flexibility index (Phi) is 14.6. The standard InChI is InChI=1S/C37H52ClN5O4.C2H6/c1-25(9-8-16-39)19-31(27-12-17-43(18-13-27)35(45)47-23-36(3,4)5)29-11-10-28(38)21-30(29)26(2)20-32(33-22-40-24-42(33)6)41-34(44)37(46-7)14-15-37;1-2/h8-11,16,21-22,24,27,31-32H,2,12-15,17-20,23,39H2,1,3-7H3,(H,41,44);1-2H3/b16-8-,25-9-;. The van der Waals surface area contributed by atoms with Crippen molar-refractivity contribution >= 4 is 29.2 Å². The highest BCUT2D eigenvalue weighted by atomic mass is 35.5. The van der Waals surface area contributed by atoms with Crippen molar-refractivity contribution in [2.45, 2.75) is 97.6 Å². The summed E-state index contributed by atoms with van der Waals surface area (Å²) in [6.07, 6.45) is 13.1. The van der Waals surface area contributed by atoms with Crippen LogP contribution in [0.15, 0.2) is 61.2 Å². The summed E-state index contributed by atoms with van der Waals surface area (Å²) in [4.78, 5) is 32.3. The van der Waals surface area contributed by atoms with Crippen molar-refractivity contribution in [3.8, 4) is 0 Å². The third-order valence-corrected chi connectivity index (χ3v) is 9.54. The maximum absolute atomic E-state index is 13.3. The van der Waals surface area contributed by atoms with Crippen molar-refractivity contribution in [2.24, 2.45) is 24.1 Å². The number of rotatable bonds is 13. The van der Waals surface area contributed by atoms with Crippen molar-refractivity contribution in [1.82, 2.24) is 19.8 Å². The number of likely N-dealkylation sites (tertiary alicyclic amines) is 1. The minimum absolute atomic E-state index is 0.0874. The summed E-state index contributed by atoms with van der Waals surface area (Å²) in [6.45, 7) is 18.5. The summed E-state index contributed by atoms with van der Waals surface area (Å²) >= 11 is 6.64. The van der Waals surface area contributed by atoms with Gasteiger partial charge in [-0.1, -0.05) is 70.5 Å². The summed E-state index contributed by atoms with van der Waals surface area (Å²) in [5, 5.41) is 3.86. The van der Waals surface area contributed by atoms with E-state index < -0.39 is 5.60 Å². The van der Waals surface area contributed by atoms with E-state index in [9.17, 15) is 9.59 Å². The van der Waals surface area contributed by atoms with Gasteiger partial charge in [-0.2, -0.15) is 0 Å². The molecule has 1 aromatic heterocycles. The molecule has 270 valence electrons. The highest BCUT2D eigenvalue weighted by Gasteiger charge is 2.51. The zero-order valence-corrected chi connectivity index (χ0v) is 31.6. The molecule has 1 saturated heterocycles. The van der Waals surface area contributed by atoms with Crippen LogP contribution in [0.2, 0.25) is 5.02 Å². The number of benzene rings is 1. The molecular weight excluding hydrogens is 638 g/mol. The number of allylic oxidation sites excluding steroid dienone is 3. The van der Waals surface area contributed by atoms with Gasteiger partial charge in [0.15, 0.2) is 0 Å². The van der Waals surface area contributed by atoms with Crippen molar-refractivity contribution in [1.29, 1.82) is 0 Å². The summed E-state index contributed by atoms with van der Waals surface area (Å²) in [6, 6.07) is 5.68. The number of nitrogens with zero attached hydrogens (tertiary/aromatic N) is 3. The molecule has 2 aliphatic rings. The number of imidazole rings is 1. The lowest BCUT2D eigenvalue weighted by Gasteiger charge is -2.37. The molecule has 4 rings (SSSR count).